The van der Waals surface area contributed by atoms with Crippen LogP contribution in [0.1, 0.15) is 11.6 Å². The van der Waals surface area contributed by atoms with Gasteiger partial charge in [-0.25, -0.2) is 4.98 Å². The van der Waals surface area contributed by atoms with Gasteiger partial charge in [0.25, 0.3) is 0 Å². The Labute approximate surface area is 72.1 Å². The Morgan fingerprint density at radius 2 is 2.58 bits per heavy atom. The molecule has 0 atom stereocenters. The monoisotopic (exact) mass is 163 g/mol. The van der Waals surface area contributed by atoms with Crippen molar-refractivity contribution in [3.05, 3.63) is 30.9 Å². The molecule has 0 aliphatic carbocycles. The van der Waals surface area contributed by atoms with Gasteiger partial charge in [-0.3, -0.25) is 0 Å². The molecule has 2 heterocycles. The SMILES string of the molecule is C=CCn1cncc1C1CNC1. The van der Waals surface area contributed by atoms with Gasteiger partial charge in [-0.2, -0.15) is 0 Å². The van der Waals surface area contributed by atoms with Crippen LogP contribution in [0.5, 0.6) is 0 Å². The van der Waals surface area contributed by atoms with Gasteiger partial charge in [0.1, 0.15) is 0 Å². The first kappa shape index (κ1) is 7.55. The normalized spacial score (nSPS) is 17.3. The molecule has 1 aromatic rings. The highest BCUT2D eigenvalue weighted by Gasteiger charge is 2.21. The maximum absolute atomic E-state index is 4.13. The van der Waals surface area contributed by atoms with Crippen LogP contribution in [0, 0.1) is 0 Å². The molecule has 64 valence electrons. The zero-order chi connectivity index (χ0) is 8.39. The van der Waals surface area contributed by atoms with Crippen LogP contribution < -0.4 is 5.32 Å². The number of nitrogens with zero attached hydrogens (tertiary/aromatic N) is 2. The summed E-state index contributed by atoms with van der Waals surface area (Å²) in [6, 6.07) is 0. The van der Waals surface area contributed by atoms with E-state index in [-0.39, 0.29) is 0 Å². The summed E-state index contributed by atoms with van der Waals surface area (Å²) in [5.74, 6) is 0.660. The summed E-state index contributed by atoms with van der Waals surface area (Å²) in [7, 11) is 0. The van der Waals surface area contributed by atoms with Gasteiger partial charge >= 0.3 is 0 Å². The molecular formula is C9H13N3. The zero-order valence-electron chi connectivity index (χ0n) is 7.03. The third-order valence-corrected chi connectivity index (χ3v) is 2.27. The summed E-state index contributed by atoms with van der Waals surface area (Å²) >= 11 is 0. The van der Waals surface area contributed by atoms with Crippen molar-refractivity contribution in [1.82, 2.24) is 14.9 Å². The molecule has 1 N–H and O–H groups in total. The third-order valence-electron chi connectivity index (χ3n) is 2.27. The van der Waals surface area contributed by atoms with Gasteiger partial charge in [0.2, 0.25) is 0 Å². The van der Waals surface area contributed by atoms with E-state index >= 15 is 0 Å². The lowest BCUT2D eigenvalue weighted by atomic mass is 10.00. The van der Waals surface area contributed by atoms with Crippen LogP contribution in [-0.2, 0) is 6.54 Å². The van der Waals surface area contributed by atoms with Crippen molar-refractivity contribution < 1.29 is 0 Å². The predicted molar refractivity (Wildman–Crippen MR) is 48.0 cm³/mol. The average molecular weight is 163 g/mol. The van der Waals surface area contributed by atoms with Gasteiger partial charge in [-0.05, 0) is 0 Å². The number of aromatic nitrogens is 2. The van der Waals surface area contributed by atoms with Crippen LogP contribution >= 0.6 is 0 Å². The summed E-state index contributed by atoms with van der Waals surface area (Å²) in [5.41, 5.74) is 1.33. The molecule has 2 rings (SSSR count). The number of nitrogens with one attached hydrogen (secondary N) is 1. The first-order chi connectivity index (χ1) is 5.92. The van der Waals surface area contributed by atoms with E-state index in [1.807, 2.05) is 18.6 Å². The third kappa shape index (κ3) is 1.16. The Bertz CT molecular complexity index is 273. The molecule has 1 fully saturated rings. The van der Waals surface area contributed by atoms with E-state index in [4.69, 9.17) is 0 Å². The fourth-order valence-corrected chi connectivity index (χ4v) is 1.46. The van der Waals surface area contributed by atoms with Gasteiger partial charge < -0.3 is 9.88 Å². The van der Waals surface area contributed by atoms with E-state index in [0.29, 0.717) is 5.92 Å². The molecule has 0 radical (unpaired) electrons. The quantitative estimate of drug-likeness (QED) is 0.666. The maximum atomic E-state index is 4.13. The molecule has 0 aromatic carbocycles. The van der Waals surface area contributed by atoms with Gasteiger partial charge in [0.15, 0.2) is 0 Å². The van der Waals surface area contributed by atoms with Crippen molar-refractivity contribution in [2.24, 2.45) is 0 Å². The summed E-state index contributed by atoms with van der Waals surface area (Å²) in [5, 5.41) is 3.25. The van der Waals surface area contributed by atoms with E-state index < -0.39 is 0 Å². The molecule has 12 heavy (non-hydrogen) atoms. The van der Waals surface area contributed by atoms with Crippen molar-refractivity contribution in [2.75, 3.05) is 13.1 Å². The number of hydrogen-bond donors (Lipinski definition) is 1. The van der Waals surface area contributed by atoms with E-state index in [2.05, 4.69) is 21.4 Å². The van der Waals surface area contributed by atoms with E-state index in [9.17, 15) is 0 Å². The number of imidazole rings is 1. The number of allylic oxidation sites excluding steroid dienone is 1. The van der Waals surface area contributed by atoms with Crippen molar-refractivity contribution in [3.8, 4) is 0 Å². The lowest BCUT2D eigenvalue weighted by Gasteiger charge is -2.27. The molecule has 3 heteroatoms. The average Bonchev–Trinajstić information content (AvgIpc) is 2.35. The molecule has 1 aliphatic heterocycles. The second kappa shape index (κ2) is 3.11. The first-order valence-corrected chi connectivity index (χ1v) is 4.23. The van der Waals surface area contributed by atoms with Crippen molar-refractivity contribution in [3.63, 3.8) is 0 Å². The number of hydrogen-bond acceptors (Lipinski definition) is 2. The van der Waals surface area contributed by atoms with E-state index in [0.717, 1.165) is 19.6 Å². The van der Waals surface area contributed by atoms with Crippen LogP contribution in [0.2, 0.25) is 0 Å². The van der Waals surface area contributed by atoms with Gasteiger partial charge in [-0.1, -0.05) is 6.08 Å². The van der Waals surface area contributed by atoms with Crippen molar-refractivity contribution in [1.29, 1.82) is 0 Å². The molecule has 0 bridgehead atoms. The largest absolute Gasteiger partial charge is 0.330 e. The van der Waals surface area contributed by atoms with Crippen molar-refractivity contribution >= 4 is 0 Å². The highest BCUT2D eigenvalue weighted by Crippen LogP contribution is 2.18. The van der Waals surface area contributed by atoms with Gasteiger partial charge in [0.05, 0.1) is 6.33 Å². The maximum Gasteiger partial charge on any atom is 0.0951 e. The Kier molecular flexibility index (Phi) is 1.96. The molecule has 1 aliphatic rings. The summed E-state index contributed by atoms with van der Waals surface area (Å²) < 4.78 is 2.15. The standard InChI is InChI=1S/C9H13N3/c1-2-3-12-7-11-6-9(12)8-4-10-5-8/h2,6-8,10H,1,3-5H2. The highest BCUT2D eigenvalue weighted by molar-refractivity contribution is 5.12. The van der Waals surface area contributed by atoms with Crippen molar-refractivity contribution in [2.45, 2.75) is 12.5 Å². The Balaban J connectivity index is 2.17. The Morgan fingerprint density at radius 3 is 3.17 bits per heavy atom. The first-order valence-electron chi connectivity index (χ1n) is 4.23. The Morgan fingerprint density at radius 1 is 1.75 bits per heavy atom. The van der Waals surface area contributed by atoms with Crippen LogP contribution in [0.4, 0.5) is 0 Å². The minimum Gasteiger partial charge on any atom is -0.330 e. The molecule has 1 saturated heterocycles. The molecule has 3 nitrogen and oxygen atoms in total. The zero-order valence-corrected chi connectivity index (χ0v) is 7.03. The van der Waals surface area contributed by atoms with Crippen LogP contribution in [0.15, 0.2) is 25.2 Å². The van der Waals surface area contributed by atoms with Crippen LogP contribution in [0.25, 0.3) is 0 Å². The number of rotatable bonds is 3. The topological polar surface area (TPSA) is 29.9 Å². The smallest absolute Gasteiger partial charge is 0.0951 e. The minimum absolute atomic E-state index is 0.660. The molecular weight excluding hydrogens is 150 g/mol. The predicted octanol–water partition coefficient (Wildman–Crippen LogP) is 0.756. The fraction of sp³-hybridized carbons (Fsp3) is 0.444. The van der Waals surface area contributed by atoms with E-state index in [1.165, 1.54) is 5.69 Å². The molecule has 0 saturated carbocycles. The highest BCUT2D eigenvalue weighted by atomic mass is 15.1. The fourth-order valence-electron chi connectivity index (χ4n) is 1.46. The summed E-state index contributed by atoms with van der Waals surface area (Å²) in [6.07, 6.45) is 5.72. The van der Waals surface area contributed by atoms with E-state index in [1.54, 1.807) is 0 Å². The Hall–Kier alpha value is -1.09. The van der Waals surface area contributed by atoms with Gasteiger partial charge in [-0.15, -0.1) is 6.58 Å². The summed E-state index contributed by atoms with van der Waals surface area (Å²) in [6.45, 7) is 6.75. The second-order valence-electron chi connectivity index (χ2n) is 3.11. The van der Waals surface area contributed by atoms with Crippen LogP contribution in [0.3, 0.4) is 0 Å². The lowest BCUT2D eigenvalue weighted by Crippen LogP contribution is -2.40. The summed E-state index contributed by atoms with van der Waals surface area (Å²) in [4.78, 5) is 4.13. The molecule has 0 amide bonds. The van der Waals surface area contributed by atoms with Gasteiger partial charge in [0, 0.05) is 37.4 Å². The second-order valence-corrected chi connectivity index (χ2v) is 3.11. The molecule has 0 spiro atoms. The van der Waals surface area contributed by atoms with Crippen LogP contribution in [-0.4, -0.2) is 22.6 Å². The molecule has 0 unspecified atom stereocenters. The minimum atomic E-state index is 0.660. The molecule has 1 aromatic heterocycles. The lowest BCUT2D eigenvalue weighted by molar-refractivity contribution is 0.428.